The quantitative estimate of drug-likeness (QED) is 0.625. The van der Waals surface area contributed by atoms with Crippen LogP contribution in [-0.4, -0.2) is 45.3 Å². The third-order valence-corrected chi connectivity index (χ3v) is 1.77. The van der Waals surface area contributed by atoms with Crippen LogP contribution in [0.2, 0.25) is 0 Å². The second kappa shape index (κ2) is 42.7. The van der Waals surface area contributed by atoms with Gasteiger partial charge in [-0.05, 0) is 6.92 Å². The van der Waals surface area contributed by atoms with Crippen LogP contribution in [0.4, 0.5) is 0 Å². The van der Waals surface area contributed by atoms with Gasteiger partial charge in [-0.3, -0.25) is 14.8 Å². The fourth-order valence-corrected chi connectivity index (χ4v) is 0.945. The lowest BCUT2D eigenvalue weighted by Gasteiger charge is -1.98. The number of hydrogen-bond acceptors (Lipinski definition) is 4. The van der Waals surface area contributed by atoms with Crippen LogP contribution in [0.3, 0.4) is 0 Å². The Morgan fingerprint density at radius 1 is 1.09 bits per heavy atom. The Labute approximate surface area is 137 Å². The molecule has 0 saturated carbocycles. The normalized spacial score (nSPS) is 8.50. The summed E-state index contributed by atoms with van der Waals surface area (Å²) in [4.78, 5) is 26.5. The number of amides is 1. The van der Waals surface area contributed by atoms with Gasteiger partial charge in [0.25, 0.3) is 5.91 Å². The van der Waals surface area contributed by atoms with Gasteiger partial charge in [0.15, 0.2) is 0 Å². The van der Waals surface area contributed by atoms with Crippen LogP contribution >= 0.6 is 0 Å². The number of unbranched alkanes of at least 4 members (excludes halogenated alkanes) is 2. The third-order valence-electron chi connectivity index (χ3n) is 1.77. The molecule has 0 spiro atoms. The summed E-state index contributed by atoms with van der Waals surface area (Å²) in [7, 11) is 3.16. The minimum Gasteiger partial charge on any atom is -0.351 e. The van der Waals surface area contributed by atoms with Crippen LogP contribution in [-0.2, 0) is 9.59 Å². The maximum Gasteiger partial charge on any atom is 0.270 e. The molecule has 0 aromatic carbocycles. The summed E-state index contributed by atoms with van der Waals surface area (Å²) in [5.74, 6) is -0.180. The highest BCUT2D eigenvalue weighted by Gasteiger charge is 2.04. The van der Waals surface area contributed by atoms with Gasteiger partial charge in [-0.2, -0.15) is 0 Å². The summed E-state index contributed by atoms with van der Waals surface area (Å²) in [6.07, 6.45) is 13.5. The summed E-state index contributed by atoms with van der Waals surface area (Å²) in [5.41, 5.74) is 0.356. The molecule has 5 nitrogen and oxygen atoms in total. The first-order valence-corrected chi connectivity index (χ1v) is 7.47. The highest BCUT2D eigenvalue weighted by atomic mass is 16.1. The van der Waals surface area contributed by atoms with Gasteiger partial charge in [-0.15, -0.1) is 12.8 Å². The van der Waals surface area contributed by atoms with Gasteiger partial charge in [0, 0.05) is 20.6 Å². The predicted octanol–water partition coefficient (Wildman–Crippen LogP) is 3.18. The molecule has 0 aliphatic heterocycles. The van der Waals surface area contributed by atoms with E-state index in [-0.39, 0.29) is 5.91 Å². The van der Waals surface area contributed by atoms with E-state index in [0.29, 0.717) is 12.3 Å². The standard InChI is InChI=1S/C7H13N3O.C5H12.C2H6.C2H2.CH2O/c1-4-10-7(11)6(9-3)5-8-2;1-3-5-4-2;3*1-2/h5H,4H2,1-3H3,(H,10,11);3-5H2,1-2H3;1-2H3;1-2H;1H2. The maximum atomic E-state index is 11.0. The predicted molar refractivity (Wildman–Crippen MR) is 100 cm³/mol. The Morgan fingerprint density at radius 3 is 1.68 bits per heavy atom. The largest absolute Gasteiger partial charge is 0.351 e. The summed E-state index contributed by atoms with van der Waals surface area (Å²) in [6, 6.07) is 0. The van der Waals surface area contributed by atoms with Crippen molar-refractivity contribution in [2.75, 3.05) is 20.6 Å². The average Bonchev–Trinajstić information content (AvgIpc) is 2.59. The van der Waals surface area contributed by atoms with Crippen molar-refractivity contribution in [1.82, 2.24) is 5.32 Å². The lowest BCUT2D eigenvalue weighted by atomic mass is 10.3. The van der Waals surface area contributed by atoms with Gasteiger partial charge in [0.2, 0.25) is 0 Å². The number of terminal acetylenes is 1. The van der Waals surface area contributed by atoms with E-state index in [9.17, 15) is 4.79 Å². The smallest absolute Gasteiger partial charge is 0.270 e. The van der Waals surface area contributed by atoms with Crippen molar-refractivity contribution in [3.8, 4) is 12.8 Å². The molecule has 0 aliphatic rings. The summed E-state index contributed by atoms with van der Waals surface area (Å²) >= 11 is 0. The van der Waals surface area contributed by atoms with E-state index in [1.54, 1.807) is 14.1 Å². The average molecular weight is 313 g/mol. The Morgan fingerprint density at radius 2 is 1.50 bits per heavy atom. The molecule has 0 atom stereocenters. The second-order valence-corrected chi connectivity index (χ2v) is 3.21. The Bertz CT molecular complexity index is 270. The van der Waals surface area contributed by atoms with E-state index in [2.05, 4.69) is 42.0 Å². The fraction of sp³-hybridized carbons (Fsp3) is 0.647. The van der Waals surface area contributed by atoms with Gasteiger partial charge in [-0.1, -0.05) is 47.0 Å². The van der Waals surface area contributed by atoms with Crippen LogP contribution in [0.5, 0.6) is 0 Å². The molecule has 0 bridgehead atoms. The summed E-state index contributed by atoms with van der Waals surface area (Å²) in [5, 5.41) is 2.62. The topological polar surface area (TPSA) is 70.9 Å². The second-order valence-electron chi connectivity index (χ2n) is 3.21. The molecule has 0 saturated heterocycles. The fourth-order valence-electron chi connectivity index (χ4n) is 0.945. The third kappa shape index (κ3) is 36.1. The van der Waals surface area contributed by atoms with Gasteiger partial charge in [0.1, 0.15) is 12.5 Å². The van der Waals surface area contributed by atoms with Crippen molar-refractivity contribution >= 4 is 24.6 Å². The number of hydrogen-bond donors (Lipinski definition) is 1. The molecule has 0 aliphatic carbocycles. The van der Waals surface area contributed by atoms with Crippen LogP contribution in [0, 0.1) is 12.8 Å². The molecule has 22 heavy (non-hydrogen) atoms. The van der Waals surface area contributed by atoms with Gasteiger partial charge in [0.05, 0.1) is 6.21 Å². The molecular weight excluding hydrogens is 278 g/mol. The molecule has 0 unspecified atom stereocenters. The Balaban J connectivity index is -0.0000000733. The number of rotatable bonds is 5. The SMILES string of the molecule is C#C.C=O.CC.CCCCC.CCNC(=O)C(C=NC)=NC. The van der Waals surface area contributed by atoms with Crippen molar-refractivity contribution in [1.29, 1.82) is 0 Å². The monoisotopic (exact) mass is 313 g/mol. The van der Waals surface area contributed by atoms with E-state index >= 15 is 0 Å². The minimum absolute atomic E-state index is 0.180. The van der Waals surface area contributed by atoms with Crippen molar-refractivity contribution in [2.45, 2.75) is 53.9 Å². The molecule has 1 N–H and O–H groups in total. The molecule has 0 aromatic rings. The molecule has 130 valence electrons. The summed E-state index contributed by atoms with van der Waals surface area (Å²) < 4.78 is 0. The van der Waals surface area contributed by atoms with E-state index in [4.69, 9.17) is 4.79 Å². The van der Waals surface area contributed by atoms with Crippen LogP contribution in [0.25, 0.3) is 0 Å². The number of nitrogens with one attached hydrogen (secondary N) is 1. The lowest BCUT2D eigenvalue weighted by molar-refractivity contribution is -0.114. The summed E-state index contributed by atoms with van der Waals surface area (Å²) in [6.45, 7) is 12.9. The molecule has 0 fully saturated rings. The Hall–Kier alpha value is -1.96. The number of carbonyl (C=O) groups is 2. The lowest BCUT2D eigenvalue weighted by Crippen LogP contribution is -2.31. The minimum atomic E-state index is -0.180. The van der Waals surface area contributed by atoms with E-state index < -0.39 is 0 Å². The Kier molecular flexibility index (Phi) is 62.4. The van der Waals surface area contributed by atoms with Crippen molar-refractivity contribution in [2.24, 2.45) is 9.98 Å². The van der Waals surface area contributed by atoms with E-state index in [1.807, 2.05) is 27.6 Å². The highest BCUT2D eigenvalue weighted by Crippen LogP contribution is 1.88. The van der Waals surface area contributed by atoms with E-state index in [1.165, 1.54) is 25.5 Å². The molecule has 5 heteroatoms. The molecular formula is C17H35N3O2. The maximum absolute atomic E-state index is 11.0. The van der Waals surface area contributed by atoms with Crippen molar-refractivity contribution < 1.29 is 9.59 Å². The number of nitrogens with zero attached hydrogens (tertiary/aromatic N) is 2. The van der Waals surface area contributed by atoms with Gasteiger partial charge >= 0.3 is 0 Å². The van der Waals surface area contributed by atoms with Crippen LogP contribution < -0.4 is 5.32 Å². The van der Waals surface area contributed by atoms with Crippen molar-refractivity contribution in [3.63, 3.8) is 0 Å². The molecule has 0 aromatic heterocycles. The van der Waals surface area contributed by atoms with E-state index in [0.717, 1.165) is 0 Å². The van der Waals surface area contributed by atoms with Gasteiger partial charge in [-0.25, -0.2) is 0 Å². The number of aliphatic imine (C=N–C) groups is 2. The van der Waals surface area contributed by atoms with Crippen molar-refractivity contribution in [3.05, 3.63) is 0 Å². The molecule has 0 heterocycles. The zero-order valence-corrected chi connectivity index (χ0v) is 15.5. The first kappa shape index (κ1) is 32.1. The molecule has 0 radical (unpaired) electrons. The zero-order chi connectivity index (χ0) is 18.8. The molecule has 0 rings (SSSR count). The highest BCUT2D eigenvalue weighted by molar-refractivity contribution is 6.60. The van der Waals surface area contributed by atoms with Crippen LogP contribution in [0.15, 0.2) is 9.98 Å². The first-order chi connectivity index (χ1) is 10.7. The van der Waals surface area contributed by atoms with Gasteiger partial charge < -0.3 is 10.1 Å². The number of carbonyl (C=O) groups excluding carboxylic acids is 2. The zero-order valence-electron chi connectivity index (χ0n) is 15.5. The molecule has 1 amide bonds. The van der Waals surface area contributed by atoms with Crippen LogP contribution in [0.1, 0.15) is 53.9 Å². The first-order valence-electron chi connectivity index (χ1n) is 7.47.